The van der Waals surface area contributed by atoms with E-state index in [1.54, 1.807) is 11.3 Å². The molecule has 1 amide bonds. The summed E-state index contributed by atoms with van der Waals surface area (Å²) in [5.41, 5.74) is 5.48. The molecule has 4 rings (SSSR count). The molecule has 25 heavy (non-hydrogen) atoms. The van der Waals surface area contributed by atoms with Crippen molar-refractivity contribution in [3.63, 3.8) is 0 Å². The fraction of sp³-hybridized carbons (Fsp3) is 0.368. The van der Waals surface area contributed by atoms with Gasteiger partial charge in [0.15, 0.2) is 5.13 Å². The van der Waals surface area contributed by atoms with E-state index in [-0.39, 0.29) is 5.91 Å². The van der Waals surface area contributed by atoms with E-state index >= 15 is 0 Å². The van der Waals surface area contributed by atoms with E-state index in [0.29, 0.717) is 12.1 Å². The summed E-state index contributed by atoms with van der Waals surface area (Å²) in [5, 5.41) is 7.12. The highest BCUT2D eigenvalue weighted by Crippen LogP contribution is 2.29. The van der Waals surface area contributed by atoms with Gasteiger partial charge in [-0.2, -0.15) is 0 Å². The van der Waals surface area contributed by atoms with Gasteiger partial charge in [0.05, 0.1) is 12.2 Å². The van der Waals surface area contributed by atoms with Crippen LogP contribution in [-0.4, -0.2) is 30.0 Å². The number of aryl methyl sites for hydroxylation is 2. The molecule has 5 nitrogen and oxygen atoms in total. The Kier molecular flexibility index (Phi) is 4.21. The average molecular weight is 354 g/mol. The van der Waals surface area contributed by atoms with Gasteiger partial charge in [0.1, 0.15) is 0 Å². The molecular weight excluding hydrogens is 332 g/mol. The van der Waals surface area contributed by atoms with Crippen molar-refractivity contribution in [1.29, 1.82) is 0 Å². The quantitative estimate of drug-likeness (QED) is 0.754. The number of carbonyl (C=O) groups excluding carboxylic acids is 1. The summed E-state index contributed by atoms with van der Waals surface area (Å²) in [6.45, 7) is 0.451. The molecule has 0 radical (unpaired) electrons. The number of aromatic nitrogens is 2. The number of nitrogens with zero attached hydrogens (tertiary/aromatic N) is 2. The van der Waals surface area contributed by atoms with E-state index in [0.717, 1.165) is 29.2 Å². The van der Waals surface area contributed by atoms with Crippen LogP contribution in [0, 0.1) is 0 Å². The third-order valence-electron chi connectivity index (χ3n) is 4.71. The normalized spacial score (nSPS) is 13.7. The van der Waals surface area contributed by atoms with Gasteiger partial charge in [-0.1, -0.05) is 0 Å². The lowest BCUT2D eigenvalue weighted by atomic mass is 9.95. The monoisotopic (exact) mass is 354 g/mol. The first-order chi connectivity index (χ1) is 12.1. The average Bonchev–Trinajstić information content (AvgIpc) is 3.23. The first-order valence-electron chi connectivity index (χ1n) is 8.65. The van der Waals surface area contributed by atoms with Gasteiger partial charge in [-0.3, -0.25) is 4.79 Å². The number of anilines is 1. The molecule has 1 aliphatic rings. The number of H-pyrrole nitrogens is 1. The Bertz CT molecular complexity index is 925. The minimum Gasteiger partial charge on any atom is -0.358 e. The zero-order valence-corrected chi connectivity index (χ0v) is 15.4. The lowest BCUT2D eigenvalue weighted by Crippen LogP contribution is -2.23. The molecule has 0 unspecified atom stereocenters. The molecule has 2 aromatic heterocycles. The molecular formula is C19H22N4OS. The first-order valence-corrected chi connectivity index (χ1v) is 9.53. The van der Waals surface area contributed by atoms with Crippen LogP contribution in [0.3, 0.4) is 0 Å². The van der Waals surface area contributed by atoms with Crippen molar-refractivity contribution in [2.75, 3.05) is 19.0 Å². The Labute approximate surface area is 151 Å². The Morgan fingerprint density at radius 1 is 1.32 bits per heavy atom. The van der Waals surface area contributed by atoms with Crippen LogP contribution in [0.4, 0.5) is 5.13 Å². The molecule has 1 aromatic carbocycles. The number of nitrogens with one attached hydrogen (secondary N) is 2. The van der Waals surface area contributed by atoms with Crippen LogP contribution in [0.15, 0.2) is 23.6 Å². The zero-order valence-electron chi connectivity index (χ0n) is 14.6. The van der Waals surface area contributed by atoms with Crippen molar-refractivity contribution in [2.24, 2.45) is 0 Å². The lowest BCUT2D eigenvalue weighted by molar-refractivity contribution is 0.0950. The number of rotatable bonds is 4. The Balaban J connectivity index is 1.51. The third kappa shape index (κ3) is 3.14. The number of fused-ring (bicyclic) bond motifs is 3. The van der Waals surface area contributed by atoms with E-state index in [4.69, 9.17) is 0 Å². The molecule has 2 heterocycles. The smallest absolute Gasteiger partial charge is 0.251 e. The van der Waals surface area contributed by atoms with E-state index in [9.17, 15) is 4.79 Å². The summed E-state index contributed by atoms with van der Waals surface area (Å²) < 4.78 is 0. The number of aromatic amines is 1. The van der Waals surface area contributed by atoms with Crippen LogP contribution >= 0.6 is 11.3 Å². The van der Waals surface area contributed by atoms with E-state index < -0.39 is 0 Å². The highest BCUT2D eigenvalue weighted by Gasteiger charge is 2.17. The maximum absolute atomic E-state index is 12.5. The predicted octanol–water partition coefficient (Wildman–Crippen LogP) is 3.50. The van der Waals surface area contributed by atoms with Crippen LogP contribution in [0.2, 0.25) is 0 Å². The van der Waals surface area contributed by atoms with Gasteiger partial charge in [0, 0.05) is 41.6 Å². The second kappa shape index (κ2) is 6.52. The molecule has 6 heteroatoms. The van der Waals surface area contributed by atoms with E-state index in [1.165, 1.54) is 29.5 Å². The fourth-order valence-electron chi connectivity index (χ4n) is 3.40. The molecule has 0 atom stereocenters. The molecule has 0 spiro atoms. The van der Waals surface area contributed by atoms with Crippen molar-refractivity contribution < 1.29 is 4.79 Å². The molecule has 3 aromatic rings. The highest BCUT2D eigenvalue weighted by atomic mass is 32.1. The topological polar surface area (TPSA) is 61.0 Å². The standard InChI is InChI=1S/C19H22N4OS/c1-23(2)19-21-13(11-25-19)10-20-18(24)12-7-8-17-15(9-12)14-5-3-4-6-16(14)22-17/h7-9,11,22H,3-6,10H2,1-2H3,(H,20,24). The second-order valence-electron chi connectivity index (χ2n) is 6.75. The summed E-state index contributed by atoms with van der Waals surface area (Å²) in [5.74, 6) is -0.0490. The Hall–Kier alpha value is -2.34. The van der Waals surface area contributed by atoms with Gasteiger partial charge in [-0.25, -0.2) is 4.98 Å². The Morgan fingerprint density at radius 2 is 2.16 bits per heavy atom. The summed E-state index contributed by atoms with van der Waals surface area (Å²) in [6, 6.07) is 5.94. The van der Waals surface area contributed by atoms with E-state index in [1.807, 2.05) is 42.6 Å². The molecule has 0 fully saturated rings. The van der Waals surface area contributed by atoms with Crippen molar-refractivity contribution in [3.05, 3.63) is 46.1 Å². The number of carbonyl (C=O) groups is 1. The van der Waals surface area contributed by atoms with Gasteiger partial charge in [-0.15, -0.1) is 11.3 Å². The molecule has 130 valence electrons. The van der Waals surface area contributed by atoms with Gasteiger partial charge < -0.3 is 15.2 Å². The number of amides is 1. The summed E-state index contributed by atoms with van der Waals surface area (Å²) >= 11 is 1.58. The van der Waals surface area contributed by atoms with Gasteiger partial charge in [0.25, 0.3) is 5.91 Å². The maximum Gasteiger partial charge on any atom is 0.251 e. The fourth-order valence-corrected chi connectivity index (χ4v) is 4.16. The van der Waals surface area contributed by atoms with Crippen molar-refractivity contribution >= 4 is 33.3 Å². The minimum atomic E-state index is -0.0490. The molecule has 0 aliphatic heterocycles. The Morgan fingerprint density at radius 3 is 2.96 bits per heavy atom. The van der Waals surface area contributed by atoms with Crippen LogP contribution in [0.25, 0.3) is 10.9 Å². The molecule has 0 bridgehead atoms. The van der Waals surface area contributed by atoms with Crippen LogP contribution in [0.5, 0.6) is 0 Å². The van der Waals surface area contributed by atoms with Crippen molar-refractivity contribution in [3.8, 4) is 0 Å². The zero-order chi connectivity index (χ0) is 17.4. The van der Waals surface area contributed by atoms with Crippen LogP contribution in [0.1, 0.15) is 40.2 Å². The maximum atomic E-state index is 12.5. The second-order valence-corrected chi connectivity index (χ2v) is 7.58. The minimum absolute atomic E-state index is 0.0490. The number of hydrogen-bond acceptors (Lipinski definition) is 4. The molecule has 2 N–H and O–H groups in total. The molecule has 0 saturated heterocycles. The number of thiazole rings is 1. The lowest BCUT2D eigenvalue weighted by Gasteiger charge is -2.10. The van der Waals surface area contributed by atoms with Gasteiger partial charge >= 0.3 is 0 Å². The summed E-state index contributed by atoms with van der Waals surface area (Å²) in [7, 11) is 3.93. The van der Waals surface area contributed by atoms with Gasteiger partial charge in [-0.05, 0) is 49.4 Å². The first kappa shape index (κ1) is 16.1. The largest absolute Gasteiger partial charge is 0.358 e. The van der Waals surface area contributed by atoms with Crippen molar-refractivity contribution in [2.45, 2.75) is 32.2 Å². The SMILES string of the molecule is CN(C)c1nc(CNC(=O)c2ccc3[nH]c4c(c3c2)CCCC4)cs1. The highest BCUT2D eigenvalue weighted by molar-refractivity contribution is 7.13. The van der Waals surface area contributed by atoms with E-state index in [2.05, 4.69) is 15.3 Å². The third-order valence-corrected chi connectivity index (χ3v) is 5.77. The molecule has 1 aliphatic carbocycles. The van der Waals surface area contributed by atoms with Crippen LogP contribution in [-0.2, 0) is 19.4 Å². The number of benzene rings is 1. The van der Waals surface area contributed by atoms with Crippen LogP contribution < -0.4 is 10.2 Å². The summed E-state index contributed by atoms with van der Waals surface area (Å²) in [4.78, 5) is 22.5. The molecule has 0 saturated carbocycles. The number of hydrogen-bond donors (Lipinski definition) is 2. The van der Waals surface area contributed by atoms with Crippen molar-refractivity contribution in [1.82, 2.24) is 15.3 Å². The summed E-state index contributed by atoms with van der Waals surface area (Å²) in [6.07, 6.45) is 4.69. The predicted molar refractivity (Wildman–Crippen MR) is 103 cm³/mol. The van der Waals surface area contributed by atoms with Gasteiger partial charge in [0.2, 0.25) is 0 Å².